The third-order valence-electron chi connectivity index (χ3n) is 2.11. The lowest BCUT2D eigenvalue weighted by molar-refractivity contribution is -0.138. The van der Waals surface area contributed by atoms with Gasteiger partial charge in [-0.05, 0) is 37.3 Å². The van der Waals surface area contributed by atoms with Gasteiger partial charge in [0.05, 0.1) is 0 Å². The average molecular weight is 360 g/mol. The quantitative estimate of drug-likeness (QED) is 0.166. The van der Waals surface area contributed by atoms with Crippen LogP contribution in [-0.4, -0.2) is 58.2 Å². The Hall–Kier alpha value is -0.680. The molecule has 0 aromatic carbocycles. The smallest absolute Gasteiger partial charge is 0.384 e. The lowest BCUT2D eigenvalue weighted by Gasteiger charge is -2.04. The van der Waals surface area contributed by atoms with E-state index in [4.69, 9.17) is 32.1 Å². The molecule has 0 spiro atoms. The Morgan fingerprint density at radius 3 is 2.27 bits per heavy atom. The zero-order valence-electron chi connectivity index (χ0n) is 12.2. The standard InChI is InChI=1S/C5H15N2O3PS.C5H10N2O3/c6-2-1-3-7-4-5-12-11(8,9)10;6-3(5(9)10)1-2-4(7)8/h7H,1-6H2,(H2,8,9,10);3H,1-2,6H2,(H2,7,8)(H,9,10). The van der Waals surface area contributed by atoms with Crippen LogP contribution >= 0.6 is 18.2 Å². The number of carboxylic acid groups (broad SMARTS) is 1. The van der Waals surface area contributed by atoms with E-state index in [2.05, 4.69) is 5.32 Å². The molecule has 12 heteroatoms. The van der Waals surface area contributed by atoms with Crippen molar-refractivity contribution in [1.82, 2.24) is 5.32 Å². The van der Waals surface area contributed by atoms with Crippen LogP contribution in [0.25, 0.3) is 0 Å². The number of rotatable bonds is 11. The van der Waals surface area contributed by atoms with E-state index >= 15 is 0 Å². The van der Waals surface area contributed by atoms with Crippen molar-refractivity contribution in [3.63, 3.8) is 0 Å². The first-order chi connectivity index (χ1) is 10.1. The summed E-state index contributed by atoms with van der Waals surface area (Å²) < 4.78 is 10.3. The summed E-state index contributed by atoms with van der Waals surface area (Å²) in [4.78, 5) is 37.0. The van der Waals surface area contributed by atoms with Gasteiger partial charge in [-0.3, -0.25) is 9.59 Å². The number of carbonyl (C=O) groups is 2. The van der Waals surface area contributed by atoms with Gasteiger partial charge in [0, 0.05) is 18.7 Å². The van der Waals surface area contributed by atoms with E-state index in [1.54, 1.807) is 0 Å². The van der Waals surface area contributed by atoms with Gasteiger partial charge in [-0.1, -0.05) is 0 Å². The van der Waals surface area contributed by atoms with Crippen molar-refractivity contribution < 1.29 is 29.0 Å². The first-order valence-electron chi connectivity index (χ1n) is 6.47. The molecule has 0 aliphatic heterocycles. The summed E-state index contributed by atoms with van der Waals surface area (Å²) in [6, 6.07) is -0.979. The van der Waals surface area contributed by atoms with Crippen LogP contribution in [0.4, 0.5) is 0 Å². The molecule has 0 saturated carbocycles. The molecule has 1 unspecified atom stereocenters. The summed E-state index contributed by atoms with van der Waals surface area (Å²) in [5, 5.41) is 11.2. The molecule has 0 aliphatic rings. The van der Waals surface area contributed by atoms with E-state index in [0.29, 0.717) is 30.2 Å². The van der Waals surface area contributed by atoms with Gasteiger partial charge in [-0.25, -0.2) is 4.57 Å². The fourth-order valence-corrected chi connectivity index (χ4v) is 2.47. The Labute approximate surface area is 133 Å². The zero-order valence-corrected chi connectivity index (χ0v) is 13.9. The van der Waals surface area contributed by atoms with Crippen LogP contribution < -0.4 is 22.5 Å². The second-order valence-corrected chi connectivity index (χ2v) is 8.01. The lowest BCUT2D eigenvalue weighted by Crippen LogP contribution is -2.31. The highest BCUT2D eigenvalue weighted by atomic mass is 32.7. The monoisotopic (exact) mass is 360 g/mol. The molecule has 10 N–H and O–H groups in total. The van der Waals surface area contributed by atoms with Crippen molar-refractivity contribution in [2.24, 2.45) is 17.2 Å². The highest BCUT2D eigenvalue weighted by molar-refractivity contribution is 8.54. The van der Waals surface area contributed by atoms with Crippen molar-refractivity contribution in [2.45, 2.75) is 25.3 Å². The second-order valence-electron chi connectivity index (χ2n) is 4.17. The molecular weight excluding hydrogens is 335 g/mol. The van der Waals surface area contributed by atoms with Crippen LogP contribution in [-0.2, 0) is 14.2 Å². The Kier molecular flexibility index (Phi) is 15.0. The number of carboxylic acids is 1. The lowest BCUT2D eigenvalue weighted by atomic mass is 10.2. The maximum absolute atomic E-state index is 10.3. The molecule has 1 amide bonds. The molecule has 132 valence electrons. The molecule has 0 heterocycles. The largest absolute Gasteiger partial charge is 0.480 e. The molecule has 1 atom stereocenters. The molecule has 10 nitrogen and oxygen atoms in total. The molecule has 22 heavy (non-hydrogen) atoms. The normalized spacial score (nSPS) is 12.2. The van der Waals surface area contributed by atoms with Gasteiger partial charge >= 0.3 is 12.8 Å². The van der Waals surface area contributed by atoms with Gasteiger partial charge in [0.25, 0.3) is 0 Å². The van der Waals surface area contributed by atoms with E-state index in [-0.39, 0.29) is 12.8 Å². The summed E-state index contributed by atoms with van der Waals surface area (Å²) in [6.45, 7) is -1.82. The number of hydrogen-bond acceptors (Lipinski definition) is 7. The Morgan fingerprint density at radius 1 is 1.27 bits per heavy atom. The third kappa shape index (κ3) is 21.6. The van der Waals surface area contributed by atoms with Crippen LogP contribution in [0.5, 0.6) is 0 Å². The topological polar surface area (TPSA) is 202 Å². The number of hydrogen-bond donors (Lipinski definition) is 7. The fourth-order valence-electron chi connectivity index (χ4n) is 1.01. The SMILES string of the molecule is NC(=O)CCC(N)C(=O)O.NCCCNCCSP(=O)(O)O. The fraction of sp³-hybridized carbons (Fsp3) is 0.800. The molecule has 0 bridgehead atoms. The zero-order chi connectivity index (χ0) is 17.6. The molecule has 0 fully saturated rings. The van der Waals surface area contributed by atoms with Crippen LogP contribution in [0.15, 0.2) is 0 Å². The summed E-state index contributed by atoms with van der Waals surface area (Å²) in [7, 11) is 0. The van der Waals surface area contributed by atoms with E-state index < -0.39 is 24.7 Å². The number of amides is 1. The van der Waals surface area contributed by atoms with Gasteiger partial charge < -0.3 is 37.4 Å². The molecule has 0 radical (unpaired) electrons. The first-order valence-corrected chi connectivity index (χ1v) is 9.68. The van der Waals surface area contributed by atoms with Crippen molar-refractivity contribution in [1.29, 1.82) is 0 Å². The number of nitrogens with two attached hydrogens (primary N) is 3. The number of aliphatic carboxylic acids is 1. The van der Waals surface area contributed by atoms with Crippen LogP contribution in [0.3, 0.4) is 0 Å². The maximum atomic E-state index is 10.3. The van der Waals surface area contributed by atoms with E-state index in [1.165, 1.54) is 0 Å². The van der Waals surface area contributed by atoms with Crippen LogP contribution in [0, 0.1) is 0 Å². The predicted octanol–water partition coefficient (Wildman–Crippen LogP) is -1.59. The minimum Gasteiger partial charge on any atom is -0.480 e. The summed E-state index contributed by atoms with van der Waals surface area (Å²) in [5.41, 5.74) is 15.1. The maximum Gasteiger partial charge on any atom is 0.384 e. The van der Waals surface area contributed by atoms with Gasteiger partial charge in [-0.2, -0.15) is 0 Å². The van der Waals surface area contributed by atoms with E-state index in [1.807, 2.05) is 0 Å². The molecular formula is C10H25N4O6PS. The number of primary amides is 1. The Morgan fingerprint density at radius 2 is 1.86 bits per heavy atom. The van der Waals surface area contributed by atoms with E-state index in [9.17, 15) is 14.2 Å². The first kappa shape index (κ1) is 23.6. The van der Waals surface area contributed by atoms with Gasteiger partial charge in [-0.15, -0.1) is 0 Å². The Balaban J connectivity index is 0. The van der Waals surface area contributed by atoms with Crippen molar-refractivity contribution in [2.75, 3.05) is 25.4 Å². The molecule has 0 rings (SSSR count). The predicted molar refractivity (Wildman–Crippen MR) is 85.1 cm³/mol. The van der Waals surface area contributed by atoms with Gasteiger partial charge in [0.15, 0.2) is 0 Å². The average Bonchev–Trinajstić information content (AvgIpc) is 2.39. The van der Waals surface area contributed by atoms with Crippen molar-refractivity contribution in [3.05, 3.63) is 0 Å². The summed E-state index contributed by atoms with van der Waals surface area (Å²) >= 11 is 0.665. The van der Waals surface area contributed by atoms with Crippen LogP contribution in [0.2, 0.25) is 0 Å². The van der Waals surface area contributed by atoms with Crippen LogP contribution in [0.1, 0.15) is 19.3 Å². The number of carbonyl (C=O) groups excluding carboxylic acids is 1. The summed E-state index contributed by atoms with van der Waals surface area (Å²) in [6.07, 6.45) is 1.01. The summed E-state index contributed by atoms with van der Waals surface area (Å²) in [5.74, 6) is -1.22. The minimum absolute atomic E-state index is 0.0213. The molecule has 0 aliphatic carbocycles. The van der Waals surface area contributed by atoms with E-state index in [0.717, 1.165) is 13.0 Å². The third-order valence-corrected chi connectivity index (χ3v) is 4.39. The molecule has 0 saturated heterocycles. The highest BCUT2D eigenvalue weighted by Gasteiger charge is 2.12. The van der Waals surface area contributed by atoms with Gasteiger partial charge in [0.1, 0.15) is 6.04 Å². The van der Waals surface area contributed by atoms with Gasteiger partial charge in [0.2, 0.25) is 5.91 Å². The molecule has 0 aromatic rings. The second kappa shape index (κ2) is 13.9. The molecule has 0 aromatic heterocycles. The van der Waals surface area contributed by atoms with Crippen molar-refractivity contribution >= 4 is 30.1 Å². The number of nitrogens with one attached hydrogen (secondary N) is 1. The highest BCUT2D eigenvalue weighted by Crippen LogP contribution is 2.49. The van der Waals surface area contributed by atoms with Crippen molar-refractivity contribution in [3.8, 4) is 0 Å². The minimum atomic E-state index is -3.87. The Bertz CT molecular complexity index is 367.